The van der Waals surface area contributed by atoms with Crippen LogP contribution in [0.25, 0.3) is 0 Å². The Morgan fingerprint density at radius 1 is 1.26 bits per heavy atom. The Morgan fingerprint density at radius 2 is 1.84 bits per heavy atom. The number of nitrogens with zero attached hydrogens (tertiary/aromatic N) is 1. The molecule has 1 atom stereocenters. The van der Waals surface area contributed by atoms with Gasteiger partial charge in [0.25, 0.3) is 5.91 Å². The van der Waals surface area contributed by atoms with Crippen molar-refractivity contribution in [2.24, 2.45) is 0 Å². The van der Waals surface area contributed by atoms with E-state index in [1.807, 2.05) is 31.1 Å². The second-order valence-electron chi connectivity index (χ2n) is 4.50. The molecule has 1 aromatic carbocycles. The average molecular weight is 266 g/mol. The van der Waals surface area contributed by atoms with E-state index in [1.165, 1.54) is 0 Å². The minimum atomic E-state index is -1.59. The van der Waals surface area contributed by atoms with Crippen LogP contribution in [0.3, 0.4) is 0 Å². The van der Waals surface area contributed by atoms with Crippen LogP contribution in [0.4, 0.5) is 0 Å². The van der Waals surface area contributed by atoms with E-state index in [0.717, 1.165) is 12.1 Å². The Hall–Kier alpha value is -1.92. The molecule has 1 aromatic rings. The fraction of sp³-hybridized carbons (Fsp3) is 0.385. The molecule has 1 rings (SSSR count). The Balaban J connectivity index is 2.55. The van der Waals surface area contributed by atoms with Gasteiger partial charge >= 0.3 is 5.97 Å². The molecule has 0 bridgehead atoms. The molecule has 3 N–H and O–H groups in total. The molecule has 6 nitrogen and oxygen atoms in total. The van der Waals surface area contributed by atoms with E-state index in [-0.39, 0.29) is 6.54 Å². The molecular weight excluding hydrogens is 248 g/mol. The highest BCUT2D eigenvalue weighted by Gasteiger charge is 2.14. The summed E-state index contributed by atoms with van der Waals surface area (Å²) in [5.74, 6) is -1.77. The number of carboxylic acids is 1. The van der Waals surface area contributed by atoms with E-state index in [1.54, 1.807) is 12.1 Å². The van der Waals surface area contributed by atoms with E-state index in [0.29, 0.717) is 5.56 Å². The highest BCUT2D eigenvalue weighted by atomic mass is 16.4. The number of nitrogens with one attached hydrogen (secondary N) is 1. The monoisotopic (exact) mass is 266 g/mol. The number of hydrogen-bond donors (Lipinski definition) is 3. The summed E-state index contributed by atoms with van der Waals surface area (Å²) in [7, 11) is 3.90. The summed E-state index contributed by atoms with van der Waals surface area (Å²) in [6.07, 6.45) is -1.59. The molecule has 0 spiro atoms. The van der Waals surface area contributed by atoms with Gasteiger partial charge in [0.05, 0.1) is 6.54 Å². The van der Waals surface area contributed by atoms with Crippen LogP contribution in [0, 0.1) is 0 Å². The quantitative estimate of drug-likeness (QED) is 0.670. The van der Waals surface area contributed by atoms with E-state index >= 15 is 0 Å². The lowest BCUT2D eigenvalue weighted by Gasteiger charge is -2.11. The van der Waals surface area contributed by atoms with Crippen molar-refractivity contribution in [2.45, 2.75) is 12.6 Å². The molecule has 0 aliphatic rings. The van der Waals surface area contributed by atoms with Crippen molar-refractivity contribution in [1.82, 2.24) is 10.2 Å². The lowest BCUT2D eigenvalue weighted by molar-refractivity contribution is -0.146. The predicted octanol–water partition coefficient (Wildman–Crippen LogP) is -0.0765. The van der Waals surface area contributed by atoms with Crippen molar-refractivity contribution in [3.63, 3.8) is 0 Å². The van der Waals surface area contributed by atoms with E-state index in [4.69, 9.17) is 10.2 Å². The predicted molar refractivity (Wildman–Crippen MR) is 69.8 cm³/mol. The lowest BCUT2D eigenvalue weighted by atomic mass is 10.1. The summed E-state index contributed by atoms with van der Waals surface area (Å²) in [4.78, 5) is 24.1. The molecule has 104 valence electrons. The van der Waals surface area contributed by atoms with Gasteiger partial charge in [-0.1, -0.05) is 12.1 Å². The highest BCUT2D eigenvalue weighted by molar-refractivity contribution is 5.94. The second kappa shape index (κ2) is 6.86. The van der Waals surface area contributed by atoms with Crippen LogP contribution in [0.2, 0.25) is 0 Å². The second-order valence-corrected chi connectivity index (χ2v) is 4.50. The van der Waals surface area contributed by atoms with Crippen LogP contribution < -0.4 is 5.32 Å². The van der Waals surface area contributed by atoms with Crippen molar-refractivity contribution in [3.8, 4) is 0 Å². The topological polar surface area (TPSA) is 89.9 Å². The van der Waals surface area contributed by atoms with Crippen molar-refractivity contribution < 1.29 is 19.8 Å². The molecule has 0 aromatic heterocycles. The third-order valence-electron chi connectivity index (χ3n) is 2.46. The number of rotatable bonds is 6. The molecule has 0 aliphatic carbocycles. The van der Waals surface area contributed by atoms with Crippen molar-refractivity contribution in [2.75, 3.05) is 20.6 Å². The smallest absolute Gasteiger partial charge is 0.334 e. The number of carbonyl (C=O) groups is 2. The Morgan fingerprint density at radius 3 is 2.32 bits per heavy atom. The molecule has 19 heavy (non-hydrogen) atoms. The van der Waals surface area contributed by atoms with Crippen LogP contribution in [-0.2, 0) is 11.3 Å². The summed E-state index contributed by atoms with van der Waals surface area (Å²) < 4.78 is 0. The molecule has 1 amide bonds. The minimum Gasteiger partial charge on any atom is -0.479 e. The molecule has 0 aliphatic heterocycles. The Kier molecular flexibility index (Phi) is 5.47. The van der Waals surface area contributed by atoms with E-state index in [9.17, 15) is 9.59 Å². The average Bonchev–Trinajstić information content (AvgIpc) is 2.35. The zero-order valence-corrected chi connectivity index (χ0v) is 11.0. The van der Waals surface area contributed by atoms with Crippen molar-refractivity contribution in [3.05, 3.63) is 35.4 Å². The summed E-state index contributed by atoms with van der Waals surface area (Å²) in [5, 5.41) is 19.9. The Labute approximate surface area is 111 Å². The molecular formula is C13H18N2O4. The lowest BCUT2D eigenvalue weighted by Crippen LogP contribution is -2.36. The van der Waals surface area contributed by atoms with E-state index < -0.39 is 18.0 Å². The highest BCUT2D eigenvalue weighted by Crippen LogP contribution is 2.06. The van der Waals surface area contributed by atoms with Crippen molar-refractivity contribution in [1.29, 1.82) is 0 Å². The Bertz CT molecular complexity index is 442. The van der Waals surface area contributed by atoms with Crippen molar-refractivity contribution >= 4 is 11.9 Å². The minimum absolute atomic E-state index is 0.312. The summed E-state index contributed by atoms with van der Waals surface area (Å²) in [6.45, 7) is 0.466. The van der Waals surface area contributed by atoms with Gasteiger partial charge in [-0.2, -0.15) is 0 Å². The number of hydrogen-bond acceptors (Lipinski definition) is 4. The maximum absolute atomic E-state index is 11.7. The molecule has 0 saturated carbocycles. The van der Waals surface area contributed by atoms with Gasteiger partial charge in [-0.05, 0) is 31.8 Å². The zero-order valence-electron chi connectivity index (χ0n) is 11.0. The standard InChI is InChI=1S/C13H18N2O4/c1-15(2)8-9-3-5-10(6-4-9)12(17)14-7-11(16)13(18)19/h3-6,11,16H,7-8H2,1-2H3,(H,14,17)(H,18,19)/t11-/m0/s1. The number of aliphatic hydroxyl groups is 1. The number of amides is 1. The number of carboxylic acid groups (broad SMARTS) is 1. The molecule has 0 saturated heterocycles. The van der Waals surface area contributed by atoms with Crippen LogP contribution in [0.1, 0.15) is 15.9 Å². The van der Waals surface area contributed by atoms with Gasteiger partial charge in [-0.25, -0.2) is 4.79 Å². The largest absolute Gasteiger partial charge is 0.479 e. The fourth-order valence-corrected chi connectivity index (χ4v) is 1.51. The van der Waals surface area contributed by atoms with Crippen LogP contribution in [-0.4, -0.2) is 53.7 Å². The molecule has 0 heterocycles. The summed E-state index contributed by atoms with van der Waals surface area (Å²) in [5.41, 5.74) is 1.51. The van der Waals surface area contributed by atoms with Crippen LogP contribution in [0.5, 0.6) is 0 Å². The number of benzene rings is 1. The normalized spacial score (nSPS) is 12.2. The third-order valence-corrected chi connectivity index (χ3v) is 2.46. The van der Waals surface area contributed by atoms with Gasteiger partial charge in [-0.3, -0.25) is 4.79 Å². The maximum atomic E-state index is 11.7. The number of carbonyl (C=O) groups excluding carboxylic acids is 1. The summed E-state index contributed by atoms with van der Waals surface area (Å²) in [6, 6.07) is 7.01. The molecule has 0 fully saturated rings. The maximum Gasteiger partial charge on any atom is 0.334 e. The first kappa shape index (κ1) is 15.1. The fourth-order valence-electron chi connectivity index (χ4n) is 1.51. The third kappa shape index (κ3) is 5.07. The summed E-state index contributed by atoms with van der Waals surface area (Å²) >= 11 is 0. The first-order valence-electron chi connectivity index (χ1n) is 5.83. The van der Waals surface area contributed by atoms with Gasteiger partial charge in [0.15, 0.2) is 6.10 Å². The van der Waals surface area contributed by atoms with Gasteiger partial charge in [0.1, 0.15) is 0 Å². The van der Waals surface area contributed by atoms with Gasteiger partial charge in [0, 0.05) is 12.1 Å². The van der Waals surface area contributed by atoms with Gasteiger partial charge < -0.3 is 20.4 Å². The number of aliphatic hydroxyl groups excluding tert-OH is 1. The number of aliphatic carboxylic acids is 1. The SMILES string of the molecule is CN(C)Cc1ccc(C(=O)NC[C@H](O)C(=O)O)cc1. The van der Waals surface area contributed by atoms with E-state index in [2.05, 4.69) is 5.32 Å². The molecule has 6 heteroatoms. The van der Waals surface area contributed by atoms with Crippen LogP contribution in [0.15, 0.2) is 24.3 Å². The van der Waals surface area contributed by atoms with Gasteiger partial charge in [-0.15, -0.1) is 0 Å². The molecule has 0 unspecified atom stereocenters. The zero-order chi connectivity index (χ0) is 14.4. The first-order valence-corrected chi connectivity index (χ1v) is 5.83. The van der Waals surface area contributed by atoms with Crippen LogP contribution >= 0.6 is 0 Å². The molecule has 0 radical (unpaired) electrons. The first-order chi connectivity index (χ1) is 8.90. The van der Waals surface area contributed by atoms with Gasteiger partial charge in [0.2, 0.25) is 0 Å².